The molecule has 1 aliphatic heterocycles. The molecule has 1 aliphatic carbocycles. The Morgan fingerprint density at radius 1 is 1.31 bits per heavy atom. The van der Waals surface area contributed by atoms with Crippen LogP contribution in [0.15, 0.2) is 58.1 Å². The van der Waals surface area contributed by atoms with Gasteiger partial charge in [-0.15, -0.1) is 0 Å². The van der Waals surface area contributed by atoms with Gasteiger partial charge in [0.25, 0.3) is 0 Å². The molecule has 0 saturated heterocycles. The van der Waals surface area contributed by atoms with Crippen LogP contribution in [-0.4, -0.2) is 50.9 Å². The van der Waals surface area contributed by atoms with Gasteiger partial charge in [0, 0.05) is 30.7 Å². The molecule has 1 amide bonds. The average Bonchev–Trinajstić information content (AvgIpc) is 3.33. The molecule has 3 aromatic rings. The molecule has 0 radical (unpaired) electrons. The van der Waals surface area contributed by atoms with Crippen molar-refractivity contribution in [3.63, 3.8) is 0 Å². The van der Waals surface area contributed by atoms with Crippen LogP contribution in [0.3, 0.4) is 0 Å². The number of fused-ring (bicyclic) bond motifs is 1. The summed E-state index contributed by atoms with van der Waals surface area (Å²) in [5, 5.41) is 8.73. The highest BCUT2D eigenvalue weighted by Gasteiger charge is 2.44. The maximum absolute atomic E-state index is 12.9. The number of nitrogens with zero attached hydrogens (tertiary/aromatic N) is 6. The smallest absolute Gasteiger partial charge is 0.235 e. The zero-order valence-corrected chi connectivity index (χ0v) is 23.0. The molecule has 39 heavy (non-hydrogen) atoms. The number of rotatable bonds is 8. The van der Waals surface area contributed by atoms with Crippen LogP contribution in [0.2, 0.25) is 0 Å². The number of aromatic nitrogens is 4. The topological polar surface area (TPSA) is 133 Å². The number of nitrogens with one attached hydrogen (secondary N) is 1. The van der Waals surface area contributed by atoms with Crippen LogP contribution in [0.5, 0.6) is 0 Å². The van der Waals surface area contributed by atoms with Gasteiger partial charge in [-0.2, -0.15) is 5.10 Å². The Hall–Kier alpha value is -4.34. The number of carbonyl (C=O) groups is 1. The van der Waals surface area contributed by atoms with Gasteiger partial charge in [0.2, 0.25) is 11.8 Å². The number of aliphatic imine (C=N–C) groups is 2. The molecule has 3 atom stereocenters. The summed E-state index contributed by atoms with van der Waals surface area (Å²) in [5.41, 5.74) is 10.5. The third-order valence-electron chi connectivity index (χ3n) is 7.44. The minimum Gasteiger partial charge on any atom is -0.474 e. The summed E-state index contributed by atoms with van der Waals surface area (Å²) in [5.74, 6) is 1.81. The SMILES string of the molecule is C=N/C(=C\C(C)=C(/C)c1cc2cc(NC(=O)[C@H]3C[C@@H]3c3cnn(C)c3)ncc2c(N)n1)C1=N[C@@H](C(C)C)CO1. The number of ether oxygens (including phenoxy) is 1. The number of nitrogen functional groups attached to an aromatic ring is 1. The summed E-state index contributed by atoms with van der Waals surface area (Å²) in [7, 11) is 1.87. The van der Waals surface area contributed by atoms with Crippen LogP contribution in [0.1, 0.15) is 51.3 Å². The summed E-state index contributed by atoms with van der Waals surface area (Å²) in [6.07, 6.45) is 8.13. The van der Waals surface area contributed by atoms with Crippen molar-refractivity contribution in [2.75, 3.05) is 17.7 Å². The van der Waals surface area contributed by atoms with E-state index in [1.54, 1.807) is 10.9 Å². The number of carbonyl (C=O) groups excluding carboxylic acids is 1. The van der Waals surface area contributed by atoms with Crippen molar-refractivity contribution >= 4 is 46.5 Å². The molecule has 1 fully saturated rings. The predicted molar refractivity (Wildman–Crippen MR) is 155 cm³/mol. The van der Waals surface area contributed by atoms with Crippen LogP contribution >= 0.6 is 0 Å². The van der Waals surface area contributed by atoms with E-state index in [4.69, 9.17) is 10.5 Å². The lowest BCUT2D eigenvalue weighted by molar-refractivity contribution is -0.117. The number of amides is 1. The highest BCUT2D eigenvalue weighted by molar-refractivity contribution is 5.99. The van der Waals surface area contributed by atoms with E-state index in [2.05, 4.69) is 50.9 Å². The highest BCUT2D eigenvalue weighted by atomic mass is 16.5. The Balaban J connectivity index is 1.37. The number of hydrogen-bond acceptors (Lipinski definition) is 8. The van der Waals surface area contributed by atoms with Crippen LogP contribution in [0.4, 0.5) is 11.6 Å². The Kier molecular flexibility index (Phi) is 7.03. The van der Waals surface area contributed by atoms with Crippen molar-refractivity contribution in [2.24, 2.45) is 28.9 Å². The first kappa shape index (κ1) is 26.3. The summed E-state index contributed by atoms with van der Waals surface area (Å²) in [4.78, 5) is 30.7. The maximum atomic E-state index is 12.9. The van der Waals surface area contributed by atoms with Gasteiger partial charge in [0.15, 0.2) is 0 Å². The van der Waals surface area contributed by atoms with Gasteiger partial charge in [0.05, 0.1) is 17.9 Å². The molecule has 0 aromatic carbocycles. The van der Waals surface area contributed by atoms with E-state index in [0.29, 0.717) is 41.4 Å². The molecule has 202 valence electrons. The fourth-order valence-corrected chi connectivity index (χ4v) is 4.70. The van der Waals surface area contributed by atoms with Crippen molar-refractivity contribution in [3.05, 3.63) is 59.3 Å². The van der Waals surface area contributed by atoms with Crippen LogP contribution in [0, 0.1) is 11.8 Å². The van der Waals surface area contributed by atoms with E-state index in [1.165, 1.54) is 0 Å². The lowest BCUT2D eigenvalue weighted by Gasteiger charge is -2.11. The minimum atomic E-state index is -0.0821. The fraction of sp³-hybridized carbons (Fsp3) is 0.379. The van der Waals surface area contributed by atoms with Gasteiger partial charge in [-0.3, -0.25) is 14.5 Å². The Bertz CT molecular complexity index is 1550. The largest absolute Gasteiger partial charge is 0.474 e. The minimum absolute atomic E-state index is 0.0452. The van der Waals surface area contributed by atoms with Crippen LogP contribution < -0.4 is 11.1 Å². The standard InChI is InChI=1S/C29H34N8O2/c1-15(2)25-14-39-29(35-25)24(31-5)7-16(3)17(4)23-8-18-9-26(32-12-22(18)27(30)34-23)36-28(38)21-10-20(21)19-11-33-37(6)13-19/h7-9,11-13,15,20-21,25H,5,10,14H2,1-4,6H3,(H2,30,34)(H,32,36,38)/b17-16+,24-7-/t20-,21+,25-/m1/s1. The van der Waals surface area contributed by atoms with Crippen LogP contribution in [-0.2, 0) is 16.6 Å². The van der Waals surface area contributed by atoms with Gasteiger partial charge >= 0.3 is 0 Å². The van der Waals surface area contributed by atoms with E-state index in [0.717, 1.165) is 33.9 Å². The number of aryl methyl sites for hydroxylation is 1. The van der Waals surface area contributed by atoms with Gasteiger partial charge in [-0.1, -0.05) is 13.8 Å². The molecule has 10 heteroatoms. The highest BCUT2D eigenvalue weighted by Crippen LogP contribution is 2.47. The van der Waals surface area contributed by atoms with E-state index < -0.39 is 0 Å². The average molecular weight is 527 g/mol. The summed E-state index contributed by atoms with van der Waals surface area (Å²) in [6.45, 7) is 12.4. The Morgan fingerprint density at radius 2 is 2.10 bits per heavy atom. The number of nitrogens with two attached hydrogens (primary N) is 1. The lowest BCUT2D eigenvalue weighted by Crippen LogP contribution is -2.15. The molecular formula is C29H34N8O2. The second-order valence-electron chi connectivity index (χ2n) is 10.6. The van der Waals surface area contributed by atoms with E-state index in [9.17, 15) is 4.79 Å². The molecule has 3 N–H and O–H groups in total. The van der Waals surface area contributed by atoms with Crippen molar-refractivity contribution in [1.29, 1.82) is 0 Å². The van der Waals surface area contributed by atoms with Crippen molar-refractivity contribution in [1.82, 2.24) is 19.7 Å². The number of allylic oxidation sites excluding steroid dienone is 3. The molecule has 5 rings (SSSR count). The lowest BCUT2D eigenvalue weighted by atomic mass is 10.0. The van der Waals surface area contributed by atoms with Gasteiger partial charge in [0.1, 0.15) is 23.9 Å². The molecule has 0 spiro atoms. The monoisotopic (exact) mass is 526 g/mol. The molecule has 2 aliphatic rings. The first-order chi connectivity index (χ1) is 18.6. The number of pyridine rings is 2. The molecule has 0 unspecified atom stereocenters. The number of anilines is 2. The van der Waals surface area contributed by atoms with Crippen molar-refractivity contribution in [3.8, 4) is 0 Å². The molecule has 10 nitrogen and oxygen atoms in total. The molecule has 4 heterocycles. The van der Waals surface area contributed by atoms with E-state index in [1.807, 2.05) is 51.5 Å². The predicted octanol–water partition coefficient (Wildman–Crippen LogP) is 4.52. The molecule has 1 saturated carbocycles. The fourth-order valence-electron chi connectivity index (χ4n) is 4.70. The van der Waals surface area contributed by atoms with Crippen LogP contribution in [0.25, 0.3) is 16.3 Å². The Morgan fingerprint density at radius 3 is 2.77 bits per heavy atom. The third-order valence-corrected chi connectivity index (χ3v) is 7.44. The molecule has 0 bridgehead atoms. The van der Waals surface area contributed by atoms with E-state index in [-0.39, 0.29) is 23.8 Å². The first-order valence-corrected chi connectivity index (χ1v) is 13.1. The second kappa shape index (κ2) is 10.4. The van der Waals surface area contributed by atoms with E-state index >= 15 is 0 Å². The van der Waals surface area contributed by atoms with Gasteiger partial charge in [-0.05, 0) is 79.1 Å². The normalized spacial score (nSPS) is 21.4. The second-order valence-corrected chi connectivity index (χ2v) is 10.6. The zero-order chi connectivity index (χ0) is 27.8. The van der Waals surface area contributed by atoms with Crippen molar-refractivity contribution in [2.45, 2.75) is 46.1 Å². The third kappa shape index (κ3) is 5.45. The van der Waals surface area contributed by atoms with Gasteiger partial charge in [-0.25, -0.2) is 15.0 Å². The first-order valence-electron chi connectivity index (χ1n) is 13.1. The van der Waals surface area contributed by atoms with Crippen molar-refractivity contribution < 1.29 is 9.53 Å². The Labute approximate surface area is 227 Å². The summed E-state index contributed by atoms with van der Waals surface area (Å²) < 4.78 is 7.54. The molecular weight excluding hydrogens is 492 g/mol. The number of hydrogen-bond donors (Lipinski definition) is 2. The maximum Gasteiger partial charge on any atom is 0.235 e. The zero-order valence-electron chi connectivity index (χ0n) is 23.0. The molecule has 3 aromatic heterocycles. The quantitative estimate of drug-likeness (QED) is 0.328. The summed E-state index contributed by atoms with van der Waals surface area (Å²) in [6, 6.07) is 3.89. The summed E-state index contributed by atoms with van der Waals surface area (Å²) >= 11 is 0. The van der Waals surface area contributed by atoms with Gasteiger partial charge < -0.3 is 15.8 Å².